The molecular weight excluding hydrogens is 484 g/mol. The number of phenols is 2. The van der Waals surface area contributed by atoms with Gasteiger partial charge >= 0.3 is 5.69 Å². The summed E-state index contributed by atoms with van der Waals surface area (Å²) in [6.45, 7) is 2.68. The van der Waals surface area contributed by atoms with E-state index in [1.165, 1.54) is 27.3 Å². The fourth-order valence-electron chi connectivity index (χ4n) is 4.60. The van der Waals surface area contributed by atoms with Crippen LogP contribution in [0.5, 0.6) is 11.5 Å². The summed E-state index contributed by atoms with van der Waals surface area (Å²) in [5, 5.41) is 26.2. The Morgan fingerprint density at radius 3 is 2.29 bits per heavy atom. The normalized spacial score (nSPS) is 12.0. The molecule has 3 aromatic carbocycles. The summed E-state index contributed by atoms with van der Waals surface area (Å²) in [4.78, 5) is 39.0. The number of hydrogen-bond donors (Lipinski definition) is 4. The molecule has 0 spiro atoms. The van der Waals surface area contributed by atoms with Crippen LogP contribution in [0, 0.1) is 0 Å². The molecule has 1 heterocycles. The molecule has 0 bridgehead atoms. The maximum absolute atomic E-state index is 13.4. The number of hydrogen-bond acceptors (Lipinski definition) is 6. The number of nitrogens with one attached hydrogen (secondary N) is 2. The second kappa shape index (κ2) is 11.4. The van der Waals surface area contributed by atoms with E-state index in [4.69, 9.17) is 0 Å². The third-order valence-corrected chi connectivity index (χ3v) is 6.59. The molecule has 0 radical (unpaired) electrons. The van der Waals surface area contributed by atoms with Gasteiger partial charge in [-0.15, -0.1) is 0 Å². The molecule has 9 heteroatoms. The minimum atomic E-state index is -0.582. The highest BCUT2D eigenvalue weighted by Gasteiger charge is 2.18. The van der Waals surface area contributed by atoms with Gasteiger partial charge in [0.1, 0.15) is 17.1 Å². The fraction of sp³-hybridized carbons (Fsp3) is 0.276. The molecule has 4 aromatic rings. The van der Waals surface area contributed by atoms with Crippen molar-refractivity contribution in [3.05, 3.63) is 98.2 Å². The van der Waals surface area contributed by atoms with Crippen molar-refractivity contribution in [1.29, 1.82) is 0 Å². The van der Waals surface area contributed by atoms with Crippen molar-refractivity contribution in [3.63, 3.8) is 0 Å². The summed E-state index contributed by atoms with van der Waals surface area (Å²) in [7, 11) is 3.56. The minimum absolute atomic E-state index is 0.175. The van der Waals surface area contributed by atoms with Gasteiger partial charge in [-0.1, -0.05) is 24.3 Å². The molecule has 4 N–H and O–H groups in total. The summed E-state index contributed by atoms with van der Waals surface area (Å²) in [6.07, 6.45) is 2.23. The summed E-state index contributed by atoms with van der Waals surface area (Å²) in [5.74, 6) is -1.18. The molecule has 38 heavy (non-hydrogen) atoms. The molecule has 1 unspecified atom stereocenters. The molecule has 0 aliphatic rings. The smallest absolute Gasteiger partial charge is 0.335 e. The first-order chi connectivity index (χ1) is 18.2. The highest BCUT2D eigenvalue weighted by Crippen LogP contribution is 2.26. The Kier molecular flexibility index (Phi) is 7.97. The molecular formula is C29H32N4O5. The predicted octanol–water partition coefficient (Wildman–Crippen LogP) is 2.61. The fourth-order valence-corrected chi connectivity index (χ4v) is 4.60. The van der Waals surface area contributed by atoms with Crippen LogP contribution in [-0.4, -0.2) is 44.9 Å². The van der Waals surface area contributed by atoms with Gasteiger partial charge in [0.2, 0.25) is 0 Å². The second-order valence-electron chi connectivity index (χ2n) is 9.46. The first-order valence-electron chi connectivity index (χ1n) is 12.5. The first kappa shape index (κ1) is 26.7. The lowest BCUT2D eigenvalue weighted by atomic mass is 10.1. The Balaban J connectivity index is 1.56. The largest absolute Gasteiger partial charge is 0.507 e. The molecule has 4 rings (SSSR count). The number of amides is 1. The Bertz CT molecular complexity index is 1570. The van der Waals surface area contributed by atoms with E-state index in [0.717, 1.165) is 30.5 Å². The van der Waals surface area contributed by atoms with E-state index >= 15 is 0 Å². The van der Waals surface area contributed by atoms with Gasteiger partial charge in [0, 0.05) is 13.1 Å². The number of carbonyl (C=O) groups excluding carboxylic acids is 1. The van der Waals surface area contributed by atoms with Crippen LogP contribution in [0.1, 0.15) is 34.8 Å². The van der Waals surface area contributed by atoms with Crippen molar-refractivity contribution >= 4 is 16.8 Å². The molecule has 1 atom stereocenters. The van der Waals surface area contributed by atoms with Gasteiger partial charge < -0.3 is 20.8 Å². The Morgan fingerprint density at radius 1 is 0.974 bits per heavy atom. The molecule has 0 aliphatic heterocycles. The van der Waals surface area contributed by atoms with Crippen LogP contribution in [0.25, 0.3) is 16.6 Å². The number of aromatic hydroxyl groups is 2. The number of nitrogens with zero attached hydrogens (tertiary/aromatic N) is 2. The quantitative estimate of drug-likeness (QED) is 0.254. The lowest BCUT2D eigenvalue weighted by Gasteiger charge is -2.16. The molecule has 0 saturated heterocycles. The molecule has 1 aromatic heterocycles. The van der Waals surface area contributed by atoms with E-state index in [0.29, 0.717) is 23.0 Å². The van der Waals surface area contributed by atoms with Gasteiger partial charge in [0.05, 0.1) is 16.6 Å². The van der Waals surface area contributed by atoms with Gasteiger partial charge in [-0.25, -0.2) is 9.36 Å². The number of phenolic OH excluding ortho intramolecular Hbond substituents is 2. The van der Waals surface area contributed by atoms with Crippen molar-refractivity contribution in [2.45, 2.75) is 32.2 Å². The van der Waals surface area contributed by atoms with E-state index in [2.05, 4.69) is 10.6 Å². The number of aromatic nitrogens is 2. The third kappa shape index (κ3) is 5.47. The Hall–Kier alpha value is -4.37. The van der Waals surface area contributed by atoms with Crippen molar-refractivity contribution in [2.75, 3.05) is 13.6 Å². The minimum Gasteiger partial charge on any atom is -0.507 e. The number of aryl methyl sites for hydroxylation is 2. The Labute approximate surface area is 220 Å². The van der Waals surface area contributed by atoms with Crippen LogP contribution in [-0.2, 0) is 19.9 Å². The summed E-state index contributed by atoms with van der Waals surface area (Å²) in [6, 6.07) is 16.5. The average Bonchev–Trinajstić information content (AvgIpc) is 2.88. The van der Waals surface area contributed by atoms with Crippen LogP contribution in [0.4, 0.5) is 0 Å². The van der Waals surface area contributed by atoms with Crippen LogP contribution in [0.2, 0.25) is 0 Å². The summed E-state index contributed by atoms with van der Waals surface area (Å²) < 4.78 is 2.66. The second-order valence-corrected chi connectivity index (χ2v) is 9.46. The predicted molar refractivity (Wildman–Crippen MR) is 147 cm³/mol. The van der Waals surface area contributed by atoms with Gasteiger partial charge in [-0.2, -0.15) is 0 Å². The van der Waals surface area contributed by atoms with E-state index in [1.54, 1.807) is 38.2 Å². The van der Waals surface area contributed by atoms with Crippen molar-refractivity contribution in [3.8, 4) is 17.2 Å². The van der Waals surface area contributed by atoms with Crippen LogP contribution < -0.4 is 21.9 Å². The van der Waals surface area contributed by atoms with Crippen molar-refractivity contribution < 1.29 is 15.0 Å². The van der Waals surface area contributed by atoms with Crippen LogP contribution in [0.3, 0.4) is 0 Å². The average molecular weight is 517 g/mol. The molecule has 198 valence electrons. The zero-order chi connectivity index (χ0) is 27.4. The van der Waals surface area contributed by atoms with Crippen molar-refractivity contribution in [1.82, 2.24) is 19.8 Å². The van der Waals surface area contributed by atoms with Gasteiger partial charge in [-0.3, -0.25) is 14.2 Å². The highest BCUT2D eigenvalue weighted by atomic mass is 16.3. The van der Waals surface area contributed by atoms with Gasteiger partial charge in [-0.05, 0) is 87.3 Å². The lowest BCUT2D eigenvalue weighted by molar-refractivity contribution is 0.0934. The van der Waals surface area contributed by atoms with E-state index < -0.39 is 11.6 Å². The SMILES string of the molecule is CNCCCc1ccc2c(c1)c(=O)n(-c1ccc(CC(C)NC(=O)c3c(O)cccc3O)cc1)c(=O)n2C. The number of benzene rings is 3. The standard InChI is InChI=1S/C29H32N4O5/c1-18(31-27(36)26-24(34)7-4-8-25(26)35)16-20-9-12-21(13-10-20)33-28(37)22-17-19(6-5-15-30-2)11-14-23(22)32(3)29(33)38/h4,7-14,17-18,30,34-35H,5-6,15-16H2,1-3H3,(H,31,36). The highest BCUT2D eigenvalue weighted by molar-refractivity contribution is 5.99. The molecule has 0 aliphatic carbocycles. The number of carbonyl (C=O) groups is 1. The first-order valence-corrected chi connectivity index (χ1v) is 12.5. The van der Waals surface area contributed by atoms with E-state index in [-0.39, 0.29) is 28.7 Å². The monoisotopic (exact) mass is 516 g/mol. The molecule has 9 nitrogen and oxygen atoms in total. The molecule has 1 amide bonds. The number of rotatable bonds is 9. The van der Waals surface area contributed by atoms with E-state index in [1.807, 2.05) is 25.2 Å². The maximum Gasteiger partial charge on any atom is 0.335 e. The maximum atomic E-state index is 13.4. The zero-order valence-corrected chi connectivity index (χ0v) is 21.7. The van der Waals surface area contributed by atoms with Crippen LogP contribution >= 0.6 is 0 Å². The lowest BCUT2D eigenvalue weighted by Crippen LogP contribution is -2.38. The third-order valence-electron chi connectivity index (χ3n) is 6.59. The van der Waals surface area contributed by atoms with E-state index in [9.17, 15) is 24.6 Å². The van der Waals surface area contributed by atoms with Gasteiger partial charge in [0.15, 0.2) is 0 Å². The summed E-state index contributed by atoms with van der Waals surface area (Å²) in [5.41, 5.74) is 1.99. The zero-order valence-electron chi connectivity index (χ0n) is 21.7. The van der Waals surface area contributed by atoms with Crippen LogP contribution in [0.15, 0.2) is 70.3 Å². The molecule has 0 fully saturated rings. The summed E-state index contributed by atoms with van der Waals surface area (Å²) >= 11 is 0. The van der Waals surface area contributed by atoms with Crippen molar-refractivity contribution in [2.24, 2.45) is 7.05 Å². The number of fused-ring (bicyclic) bond motifs is 1. The van der Waals surface area contributed by atoms with Gasteiger partial charge in [0.25, 0.3) is 11.5 Å². The molecule has 0 saturated carbocycles. The Morgan fingerprint density at radius 2 is 1.63 bits per heavy atom. The topological polar surface area (TPSA) is 126 Å².